The maximum absolute atomic E-state index is 14.2. The third-order valence-corrected chi connectivity index (χ3v) is 13.2. The first-order valence-electron chi connectivity index (χ1n) is 18.2. The van der Waals surface area contributed by atoms with Crippen LogP contribution in [0.25, 0.3) is 21.6 Å². The summed E-state index contributed by atoms with van der Waals surface area (Å²) in [7, 11) is -2.32. The molecule has 2 aliphatic carbocycles. The molecule has 4 aliphatic rings. The lowest BCUT2D eigenvalue weighted by Crippen LogP contribution is -2.56. The average Bonchev–Trinajstić information content (AvgIpc) is 3.97. The summed E-state index contributed by atoms with van der Waals surface area (Å²) in [5.41, 5.74) is 1.87. The lowest BCUT2D eigenvalue weighted by atomic mass is 10.1. The second-order valence-corrected chi connectivity index (χ2v) is 17.8. The van der Waals surface area contributed by atoms with Crippen LogP contribution < -0.4 is 19.5 Å². The maximum atomic E-state index is 14.2. The van der Waals surface area contributed by atoms with Crippen molar-refractivity contribution >= 4 is 50.0 Å². The Hall–Kier alpha value is -4.04. The van der Waals surface area contributed by atoms with Crippen LogP contribution in [0.3, 0.4) is 0 Å². The number of carbonyl (C=O) groups is 3. The molecular weight excluding hydrogens is 703 g/mol. The molecule has 52 heavy (non-hydrogen) atoms. The second-order valence-electron chi connectivity index (χ2n) is 14.7. The van der Waals surface area contributed by atoms with Crippen LogP contribution in [0.2, 0.25) is 0 Å². The molecule has 0 spiro atoms. The summed E-state index contributed by atoms with van der Waals surface area (Å²) in [4.78, 5) is 52.9. The van der Waals surface area contributed by atoms with E-state index in [0.717, 1.165) is 60.2 Å². The van der Waals surface area contributed by atoms with Crippen molar-refractivity contribution in [3.05, 3.63) is 53.4 Å². The van der Waals surface area contributed by atoms with Crippen molar-refractivity contribution < 1.29 is 32.3 Å². The highest BCUT2D eigenvalue weighted by Gasteiger charge is 2.61. The first-order valence-corrected chi connectivity index (χ1v) is 20.6. The van der Waals surface area contributed by atoms with Crippen molar-refractivity contribution in [3.8, 4) is 22.2 Å². The number of benzene rings is 1. The average molecular weight is 749 g/mol. The number of sulfonamides is 1. The normalized spacial score (nSPS) is 26.2. The molecule has 14 heteroatoms. The Kier molecular flexibility index (Phi) is 10.1. The first-order chi connectivity index (χ1) is 24.9. The number of pyridine rings is 1. The molecule has 1 saturated heterocycles. The Bertz CT molecular complexity index is 2020. The quantitative estimate of drug-likeness (QED) is 0.290. The molecule has 0 unspecified atom stereocenters. The summed E-state index contributed by atoms with van der Waals surface area (Å²) >= 11 is 1.55. The summed E-state index contributed by atoms with van der Waals surface area (Å²) < 4.78 is 40.0. The Morgan fingerprint density at radius 1 is 1.12 bits per heavy atom. The smallest absolute Gasteiger partial charge is 0.259 e. The van der Waals surface area contributed by atoms with E-state index >= 15 is 0 Å². The van der Waals surface area contributed by atoms with Crippen LogP contribution in [0, 0.1) is 19.3 Å². The zero-order valence-electron chi connectivity index (χ0n) is 30.0. The van der Waals surface area contributed by atoms with Gasteiger partial charge in [-0.05, 0) is 71.4 Å². The van der Waals surface area contributed by atoms with Crippen LogP contribution in [0.4, 0.5) is 0 Å². The van der Waals surface area contributed by atoms with Crippen molar-refractivity contribution in [2.24, 2.45) is 5.92 Å². The molecule has 4 atom stereocenters. The highest BCUT2D eigenvalue weighted by atomic mass is 32.2. The maximum Gasteiger partial charge on any atom is 0.259 e. The third-order valence-electron chi connectivity index (χ3n) is 10.6. The summed E-state index contributed by atoms with van der Waals surface area (Å²) in [5, 5.41) is 5.72. The van der Waals surface area contributed by atoms with Crippen molar-refractivity contribution in [1.82, 2.24) is 24.9 Å². The number of aryl methyl sites for hydroxylation is 1. The number of rotatable bonds is 8. The Morgan fingerprint density at radius 3 is 2.65 bits per heavy atom. The van der Waals surface area contributed by atoms with E-state index < -0.39 is 44.8 Å². The van der Waals surface area contributed by atoms with Crippen molar-refractivity contribution in [2.75, 3.05) is 13.7 Å². The van der Waals surface area contributed by atoms with Crippen LogP contribution >= 0.6 is 11.3 Å². The van der Waals surface area contributed by atoms with E-state index in [1.54, 1.807) is 24.9 Å². The number of carbonyl (C=O) groups excluding carboxylic acids is 3. The molecule has 2 aromatic heterocycles. The fourth-order valence-corrected chi connectivity index (χ4v) is 8.68. The molecule has 2 saturated carbocycles. The van der Waals surface area contributed by atoms with Gasteiger partial charge in [-0.1, -0.05) is 25.0 Å². The van der Waals surface area contributed by atoms with Crippen LogP contribution in [-0.4, -0.2) is 77.6 Å². The van der Waals surface area contributed by atoms with Gasteiger partial charge in [-0.2, -0.15) is 0 Å². The van der Waals surface area contributed by atoms with E-state index in [9.17, 15) is 22.8 Å². The molecule has 7 rings (SSSR count). The standard InChI is InChI=1S/C38H46N5O7S2/c1-22(2)52(47,48)42-37(46)38-19-25(38)11-9-7-5-6-8-10-12-33(44)43-20-26(17-30(43)35(45)41-38)50-32-18-28(36-40-29(21-51-36)24-13-14-24)39-34-23(3)31(49-4)16-15-27(32)34/h9,11-12,15-16,18,21-22,24-26,30H,5-8,10,13-14,17,19-20H2,1-4H3,(H,41,45)(H,42,46)/b11-9-/t25-,26-,30+,38-/m1/s1. The molecule has 4 heterocycles. The topological polar surface area (TPSA) is 157 Å². The summed E-state index contributed by atoms with van der Waals surface area (Å²) in [6.45, 7) is 5.07. The van der Waals surface area contributed by atoms with E-state index in [1.165, 1.54) is 18.7 Å². The number of thiazole rings is 1. The van der Waals surface area contributed by atoms with Gasteiger partial charge in [0, 0.05) is 47.1 Å². The van der Waals surface area contributed by atoms with E-state index in [-0.39, 0.29) is 31.2 Å². The van der Waals surface area contributed by atoms with Crippen LogP contribution in [0.1, 0.15) is 88.8 Å². The van der Waals surface area contributed by atoms with Crippen molar-refractivity contribution in [3.63, 3.8) is 0 Å². The van der Waals surface area contributed by atoms with Gasteiger partial charge < -0.3 is 19.7 Å². The third kappa shape index (κ3) is 7.28. The predicted molar refractivity (Wildman–Crippen MR) is 198 cm³/mol. The van der Waals surface area contributed by atoms with Gasteiger partial charge in [0.25, 0.3) is 5.91 Å². The van der Waals surface area contributed by atoms with Crippen LogP contribution in [0.15, 0.2) is 35.7 Å². The largest absolute Gasteiger partial charge is 0.496 e. The molecule has 0 bridgehead atoms. The molecule has 3 aromatic rings. The number of allylic oxidation sites excluding steroid dienone is 1. The van der Waals surface area contributed by atoms with Crippen LogP contribution in [-0.2, 0) is 24.4 Å². The highest BCUT2D eigenvalue weighted by Crippen LogP contribution is 2.46. The van der Waals surface area contributed by atoms with E-state index in [4.69, 9.17) is 19.4 Å². The Morgan fingerprint density at radius 2 is 1.90 bits per heavy atom. The zero-order chi connectivity index (χ0) is 36.8. The monoisotopic (exact) mass is 748 g/mol. The van der Waals surface area contributed by atoms with Gasteiger partial charge in [0.05, 0.1) is 30.1 Å². The SMILES string of the molecule is COc1ccc2c(O[C@@H]3C[C@H]4C(=O)N[C@]5(C(=O)NS(=O)(=O)C(C)C)C[C@H]5/C=C\CCCCC[CH]C(=O)N4C3)cc(-c3nc(C4CC4)cs3)nc2c1C. The molecule has 277 valence electrons. The summed E-state index contributed by atoms with van der Waals surface area (Å²) in [6, 6.07) is 4.71. The molecule has 12 nitrogen and oxygen atoms in total. The summed E-state index contributed by atoms with van der Waals surface area (Å²) in [5.74, 6) is -0.188. The number of ether oxygens (including phenoxy) is 2. The van der Waals surface area contributed by atoms with Gasteiger partial charge in [0.2, 0.25) is 21.8 Å². The molecule has 2 aliphatic heterocycles. The molecular formula is C38H46N5O7S2. The molecule has 1 radical (unpaired) electrons. The summed E-state index contributed by atoms with van der Waals surface area (Å²) in [6.07, 6.45) is 11.7. The van der Waals surface area contributed by atoms with Gasteiger partial charge in [-0.25, -0.2) is 18.4 Å². The van der Waals surface area contributed by atoms with Gasteiger partial charge in [-0.15, -0.1) is 11.3 Å². The molecule has 2 N–H and O–H groups in total. The molecule has 1 aromatic carbocycles. The van der Waals surface area contributed by atoms with Gasteiger partial charge in [0.15, 0.2) is 0 Å². The van der Waals surface area contributed by atoms with Crippen molar-refractivity contribution in [1.29, 1.82) is 0 Å². The predicted octanol–water partition coefficient (Wildman–Crippen LogP) is 5.35. The van der Waals surface area contributed by atoms with E-state index in [1.807, 2.05) is 37.3 Å². The lowest BCUT2D eigenvalue weighted by molar-refractivity contribution is -0.137. The number of methoxy groups -OCH3 is 1. The first kappa shape index (κ1) is 36.3. The minimum atomic E-state index is -3.94. The number of hydrogen-bond donors (Lipinski definition) is 2. The van der Waals surface area contributed by atoms with E-state index in [2.05, 4.69) is 15.4 Å². The number of nitrogens with one attached hydrogen (secondary N) is 2. The van der Waals surface area contributed by atoms with Gasteiger partial charge in [-0.3, -0.25) is 19.1 Å². The number of nitrogens with zero attached hydrogens (tertiary/aromatic N) is 3. The fraction of sp³-hybridized carbons (Fsp3) is 0.526. The fourth-order valence-electron chi connectivity index (χ4n) is 7.14. The Balaban J connectivity index is 1.20. The number of hydrogen-bond acceptors (Lipinski definition) is 10. The van der Waals surface area contributed by atoms with Crippen LogP contribution in [0.5, 0.6) is 11.5 Å². The highest BCUT2D eigenvalue weighted by molar-refractivity contribution is 7.90. The molecule has 3 fully saturated rings. The minimum absolute atomic E-state index is 0.148. The van der Waals surface area contributed by atoms with Crippen molar-refractivity contribution in [2.45, 2.75) is 107 Å². The number of amides is 3. The number of fused-ring (bicyclic) bond motifs is 3. The minimum Gasteiger partial charge on any atom is -0.496 e. The number of aromatic nitrogens is 2. The molecule has 3 amide bonds. The second kappa shape index (κ2) is 14.4. The lowest BCUT2D eigenvalue weighted by Gasteiger charge is -2.26. The Labute approximate surface area is 308 Å². The van der Waals surface area contributed by atoms with Gasteiger partial charge >= 0.3 is 0 Å². The van der Waals surface area contributed by atoms with Gasteiger partial charge in [0.1, 0.15) is 39.9 Å². The van der Waals surface area contributed by atoms with E-state index in [0.29, 0.717) is 35.0 Å². The zero-order valence-corrected chi connectivity index (χ0v) is 31.6.